The first-order valence-corrected chi connectivity index (χ1v) is 11.0. The first-order valence-electron chi connectivity index (χ1n) is 10.5. The summed E-state index contributed by atoms with van der Waals surface area (Å²) in [4.78, 5) is 73.8. The van der Waals surface area contributed by atoms with E-state index in [4.69, 9.17) is 11.6 Å². The number of likely N-dealkylation sites (tertiary alicyclic amines) is 1. The summed E-state index contributed by atoms with van der Waals surface area (Å²) in [6.45, 7) is 4.67. The molecule has 1 fully saturated rings. The molecule has 0 aliphatic carbocycles. The number of hydrogen-bond acceptors (Lipinski definition) is 8. The van der Waals surface area contributed by atoms with Crippen LogP contribution >= 0.6 is 11.6 Å². The van der Waals surface area contributed by atoms with Gasteiger partial charge in [-0.05, 0) is 33.6 Å². The van der Waals surface area contributed by atoms with E-state index in [2.05, 4.69) is 25.4 Å². The topological polar surface area (TPSA) is 160 Å². The number of esters is 2. The van der Waals surface area contributed by atoms with E-state index < -0.39 is 59.7 Å². The van der Waals surface area contributed by atoms with Gasteiger partial charge in [0.25, 0.3) is 0 Å². The summed E-state index contributed by atoms with van der Waals surface area (Å²) in [7, 11) is 1.21. The Morgan fingerprint density at radius 3 is 2.24 bits per heavy atom. The highest BCUT2D eigenvalue weighted by molar-refractivity contribution is 6.17. The van der Waals surface area contributed by atoms with Crippen molar-refractivity contribution in [2.75, 3.05) is 19.7 Å². The summed E-state index contributed by atoms with van der Waals surface area (Å²) < 4.78 is 9.09. The molecule has 0 radical (unpaired) electrons. The number of ether oxygens (including phenoxy) is 2. The van der Waals surface area contributed by atoms with Crippen molar-refractivity contribution in [1.82, 2.24) is 20.9 Å². The first kappa shape index (κ1) is 28.1. The number of rotatable bonds is 11. The van der Waals surface area contributed by atoms with E-state index >= 15 is 0 Å². The highest BCUT2D eigenvalue weighted by Crippen LogP contribution is 2.19. The Hall–Kier alpha value is -2.89. The summed E-state index contributed by atoms with van der Waals surface area (Å²) in [5.41, 5.74) is 0. The predicted molar refractivity (Wildman–Crippen MR) is 116 cm³/mol. The molecule has 0 aromatic carbocycles. The third kappa shape index (κ3) is 8.87. The van der Waals surface area contributed by atoms with Gasteiger partial charge in [0.15, 0.2) is 6.07 Å². The molecule has 0 aromatic heterocycles. The molecule has 0 aromatic rings. The van der Waals surface area contributed by atoms with Crippen LogP contribution in [0.3, 0.4) is 0 Å². The van der Waals surface area contributed by atoms with Gasteiger partial charge in [0, 0.05) is 13.0 Å². The third-order valence-corrected chi connectivity index (χ3v) is 5.14. The monoisotopic (exact) mass is 490 g/mol. The molecular weight excluding hydrogens is 460 g/mol. The van der Waals surface area contributed by atoms with E-state index in [9.17, 15) is 28.8 Å². The maximum absolute atomic E-state index is 12.9. The fourth-order valence-electron chi connectivity index (χ4n) is 3.20. The maximum atomic E-state index is 12.9. The number of nitrogens with one attached hydrogen (secondary N) is 3. The minimum atomic E-state index is -0.959. The summed E-state index contributed by atoms with van der Waals surface area (Å²) in [5, 5.41) is 7.46. The van der Waals surface area contributed by atoms with E-state index in [-0.39, 0.29) is 18.9 Å². The summed E-state index contributed by atoms with van der Waals surface area (Å²) in [5.74, 6) is -3.33. The van der Waals surface area contributed by atoms with E-state index in [0.29, 0.717) is 19.4 Å². The first-order chi connectivity index (χ1) is 15.5. The van der Waals surface area contributed by atoms with Crippen LogP contribution in [0, 0.1) is 0 Å². The van der Waals surface area contributed by atoms with Crippen LogP contribution in [0.25, 0.3) is 0 Å². The van der Waals surface area contributed by atoms with Gasteiger partial charge in [-0.25, -0.2) is 4.79 Å². The van der Waals surface area contributed by atoms with Gasteiger partial charge in [-0.2, -0.15) is 0 Å². The van der Waals surface area contributed by atoms with Gasteiger partial charge in [0.05, 0.1) is 13.5 Å². The second-order valence-corrected chi connectivity index (χ2v) is 7.81. The molecule has 0 unspecified atom stereocenters. The van der Waals surface area contributed by atoms with Gasteiger partial charge >= 0.3 is 11.9 Å². The minimum absolute atomic E-state index is 0.119. The molecule has 1 aliphatic heterocycles. The normalized spacial score (nSPS) is 17.8. The van der Waals surface area contributed by atoms with Gasteiger partial charge in [-0.1, -0.05) is 11.6 Å². The number of amides is 4. The molecule has 0 bridgehead atoms. The van der Waals surface area contributed by atoms with Gasteiger partial charge < -0.3 is 30.3 Å². The molecule has 1 heterocycles. The number of halogens is 1. The minimum Gasteiger partial charge on any atom is -0.469 e. The molecule has 12 nitrogen and oxygen atoms in total. The number of hydrogen-bond donors (Lipinski definition) is 3. The molecule has 1 saturated heterocycles. The predicted octanol–water partition coefficient (Wildman–Crippen LogP) is -0.816. The largest absolute Gasteiger partial charge is 0.469 e. The summed E-state index contributed by atoms with van der Waals surface area (Å²) in [6.07, 6.45) is 0.728. The zero-order valence-electron chi connectivity index (χ0n) is 19.1. The average molecular weight is 491 g/mol. The lowest BCUT2D eigenvalue weighted by Crippen LogP contribution is -2.56. The Morgan fingerprint density at radius 2 is 1.64 bits per heavy atom. The Kier molecular flexibility index (Phi) is 11.6. The van der Waals surface area contributed by atoms with Crippen molar-refractivity contribution >= 4 is 47.2 Å². The third-order valence-electron chi connectivity index (χ3n) is 5.03. The van der Waals surface area contributed by atoms with Crippen LogP contribution in [0.2, 0.25) is 0 Å². The maximum Gasteiger partial charge on any atom is 0.329 e. The Bertz CT molecular complexity index is 762. The summed E-state index contributed by atoms with van der Waals surface area (Å²) in [6, 6.07) is -3.97. The molecular formula is C20H31ClN4O8. The molecule has 3 N–H and O–H groups in total. The average Bonchev–Trinajstić information content (AvgIpc) is 3.26. The van der Waals surface area contributed by atoms with Gasteiger partial charge in [-0.15, -0.1) is 0 Å². The molecule has 4 atom stereocenters. The van der Waals surface area contributed by atoms with Crippen molar-refractivity contribution in [3.05, 3.63) is 0 Å². The van der Waals surface area contributed by atoms with E-state index in [1.165, 1.54) is 32.8 Å². The van der Waals surface area contributed by atoms with Crippen LogP contribution in [0.1, 0.15) is 46.5 Å². The van der Waals surface area contributed by atoms with Crippen LogP contribution in [0.15, 0.2) is 0 Å². The Labute approximate surface area is 197 Å². The Morgan fingerprint density at radius 1 is 0.970 bits per heavy atom. The van der Waals surface area contributed by atoms with Gasteiger partial charge in [0.1, 0.15) is 24.2 Å². The lowest BCUT2D eigenvalue weighted by molar-refractivity contribution is -0.147. The van der Waals surface area contributed by atoms with Crippen molar-refractivity contribution in [1.29, 1.82) is 0 Å². The molecule has 1 rings (SSSR count). The zero-order chi connectivity index (χ0) is 25.1. The molecule has 1 aliphatic rings. The quantitative estimate of drug-likeness (QED) is 0.250. The van der Waals surface area contributed by atoms with Crippen molar-refractivity contribution in [3.63, 3.8) is 0 Å². The van der Waals surface area contributed by atoms with E-state index in [1.54, 1.807) is 0 Å². The zero-order valence-corrected chi connectivity index (χ0v) is 19.9. The van der Waals surface area contributed by atoms with Crippen molar-refractivity contribution in [2.24, 2.45) is 0 Å². The fraction of sp³-hybridized carbons (Fsp3) is 0.700. The molecule has 33 heavy (non-hydrogen) atoms. The number of alkyl halides is 1. The van der Waals surface area contributed by atoms with Gasteiger partial charge in [-0.3, -0.25) is 24.0 Å². The number of methoxy groups -OCH3 is 1. The number of carbonyl (C=O) groups excluding carboxylic acids is 6. The van der Waals surface area contributed by atoms with Crippen LogP contribution < -0.4 is 16.0 Å². The molecule has 0 saturated carbocycles. The molecule has 13 heteroatoms. The van der Waals surface area contributed by atoms with Crippen LogP contribution in [0.5, 0.6) is 0 Å². The van der Waals surface area contributed by atoms with Crippen molar-refractivity contribution in [3.8, 4) is 0 Å². The van der Waals surface area contributed by atoms with E-state index in [0.717, 1.165) is 0 Å². The van der Waals surface area contributed by atoms with Gasteiger partial charge in [0.2, 0.25) is 23.6 Å². The molecule has 186 valence electrons. The highest BCUT2D eigenvalue weighted by atomic mass is 35.5. The number of nitrogens with zero attached hydrogens (tertiary/aromatic N) is 1. The standard InChI is InChI=1S/C20H31ClN4O8/c1-11(22-15(26)7-8-16(27)32-4)17(28)23-12(2)19(30)25-9-5-6-14(25)18(29)24-13(3)20(31)33-10-21/h11-14H,5-10H2,1-4H3,(H,22,26)(H,23,28)(H,24,29)/t11-,12-,13-,14-/m0/s1. The molecule has 0 spiro atoms. The van der Waals surface area contributed by atoms with Crippen LogP contribution in [0.4, 0.5) is 0 Å². The van der Waals surface area contributed by atoms with E-state index in [1.807, 2.05) is 0 Å². The lowest BCUT2D eigenvalue weighted by Gasteiger charge is -2.28. The highest BCUT2D eigenvalue weighted by Gasteiger charge is 2.37. The summed E-state index contributed by atoms with van der Waals surface area (Å²) >= 11 is 5.34. The van der Waals surface area contributed by atoms with Crippen LogP contribution in [-0.4, -0.2) is 84.4 Å². The lowest BCUT2D eigenvalue weighted by atomic mass is 10.1. The number of carbonyl (C=O) groups is 6. The SMILES string of the molecule is COC(=O)CCC(=O)N[C@@H](C)C(=O)N[C@@H](C)C(=O)N1CCC[C@H]1C(=O)N[C@@H](C)C(=O)OCCl. The van der Waals surface area contributed by atoms with Crippen LogP contribution in [-0.2, 0) is 38.2 Å². The van der Waals surface area contributed by atoms with Crippen molar-refractivity contribution in [2.45, 2.75) is 70.6 Å². The molecule has 4 amide bonds. The smallest absolute Gasteiger partial charge is 0.329 e. The second-order valence-electron chi connectivity index (χ2n) is 7.59. The van der Waals surface area contributed by atoms with Crippen molar-refractivity contribution < 1.29 is 38.2 Å². The second kappa shape index (κ2) is 13.6. The fourth-order valence-corrected chi connectivity index (χ4v) is 3.30. The Balaban J connectivity index is 2.61.